The van der Waals surface area contributed by atoms with Crippen molar-refractivity contribution in [3.63, 3.8) is 0 Å². The molecule has 4 heterocycles. The monoisotopic (exact) mass is 384 g/mol. The molecule has 0 aliphatic carbocycles. The molecule has 5 rings (SSSR count). The fourth-order valence-corrected chi connectivity index (χ4v) is 3.65. The highest BCUT2D eigenvalue weighted by atomic mass is 16.5. The number of hydrogen-bond acceptors (Lipinski definition) is 7. The Kier molecular flexibility index (Phi) is 4.42. The van der Waals surface area contributed by atoms with Crippen LogP contribution < -0.4 is 15.5 Å². The number of para-hydroxylation sites is 1. The van der Waals surface area contributed by atoms with E-state index in [4.69, 9.17) is 9.73 Å². The van der Waals surface area contributed by atoms with Crippen LogP contribution >= 0.6 is 0 Å². The zero-order chi connectivity index (χ0) is 19.6. The Balaban J connectivity index is 1.46. The number of rotatable bonds is 4. The molecule has 0 bridgehead atoms. The lowest BCUT2D eigenvalue weighted by Gasteiger charge is -2.27. The number of benzene rings is 1. The molecule has 0 unspecified atom stereocenters. The lowest BCUT2D eigenvalue weighted by atomic mass is 10.0. The van der Waals surface area contributed by atoms with E-state index in [1.54, 1.807) is 19.5 Å². The van der Waals surface area contributed by atoms with Gasteiger partial charge in [0.1, 0.15) is 17.9 Å². The van der Waals surface area contributed by atoms with E-state index in [9.17, 15) is 0 Å². The van der Waals surface area contributed by atoms with Crippen LogP contribution in [0.5, 0.6) is 5.75 Å². The van der Waals surface area contributed by atoms with Crippen molar-refractivity contribution in [3.05, 3.63) is 77.7 Å². The first-order valence-corrected chi connectivity index (χ1v) is 9.39. The molecule has 144 valence electrons. The highest BCUT2D eigenvalue weighted by Crippen LogP contribution is 2.40. The summed E-state index contributed by atoms with van der Waals surface area (Å²) in [5.74, 6) is 1.66. The van der Waals surface area contributed by atoms with Gasteiger partial charge in [0, 0.05) is 41.2 Å². The maximum absolute atomic E-state index is 5.45. The second kappa shape index (κ2) is 7.37. The van der Waals surface area contributed by atoms with Crippen molar-refractivity contribution in [2.75, 3.05) is 19.0 Å². The maximum Gasteiger partial charge on any atom is 0.139 e. The summed E-state index contributed by atoms with van der Waals surface area (Å²) in [4.78, 5) is 13.5. The van der Waals surface area contributed by atoms with Crippen LogP contribution in [0.2, 0.25) is 0 Å². The Morgan fingerprint density at radius 1 is 1.10 bits per heavy atom. The van der Waals surface area contributed by atoms with Gasteiger partial charge in [-0.15, -0.1) is 0 Å². The van der Waals surface area contributed by atoms with Gasteiger partial charge in [-0.25, -0.2) is 15.4 Å². The van der Waals surface area contributed by atoms with Crippen LogP contribution in [0.3, 0.4) is 0 Å². The van der Waals surface area contributed by atoms with Crippen LogP contribution in [-0.4, -0.2) is 35.0 Å². The fourth-order valence-electron chi connectivity index (χ4n) is 3.65. The number of aromatic nitrogens is 2. The van der Waals surface area contributed by atoms with Gasteiger partial charge in [-0.05, 0) is 24.3 Å². The van der Waals surface area contributed by atoms with E-state index in [2.05, 4.69) is 26.8 Å². The molecule has 29 heavy (non-hydrogen) atoms. The summed E-state index contributed by atoms with van der Waals surface area (Å²) in [6.45, 7) is 1.30. The zero-order valence-corrected chi connectivity index (χ0v) is 16.0. The van der Waals surface area contributed by atoms with Crippen molar-refractivity contribution in [2.24, 2.45) is 4.99 Å². The van der Waals surface area contributed by atoms with Crippen LogP contribution in [0.1, 0.15) is 16.7 Å². The topological polar surface area (TPSA) is 74.7 Å². The molecule has 0 saturated carbocycles. The summed E-state index contributed by atoms with van der Waals surface area (Å²) in [5, 5.41) is 5.40. The molecule has 7 nitrogen and oxygen atoms in total. The highest BCUT2D eigenvalue weighted by Gasteiger charge is 2.25. The Labute approximate surface area is 168 Å². The quantitative estimate of drug-likeness (QED) is 0.718. The van der Waals surface area contributed by atoms with Crippen molar-refractivity contribution in [1.29, 1.82) is 0 Å². The summed E-state index contributed by atoms with van der Waals surface area (Å²) >= 11 is 0. The van der Waals surface area contributed by atoms with E-state index >= 15 is 0 Å². The van der Waals surface area contributed by atoms with Crippen molar-refractivity contribution in [1.82, 2.24) is 20.4 Å². The lowest BCUT2D eigenvalue weighted by Crippen LogP contribution is -2.39. The van der Waals surface area contributed by atoms with Gasteiger partial charge in [0.05, 0.1) is 31.2 Å². The smallest absolute Gasteiger partial charge is 0.139 e. The Hall–Kier alpha value is -3.71. The molecule has 1 aromatic carbocycles. The fraction of sp³-hybridized carbons (Fsp3) is 0.136. The molecule has 2 aliphatic rings. The van der Waals surface area contributed by atoms with Gasteiger partial charge in [0.15, 0.2) is 0 Å². The Morgan fingerprint density at radius 3 is 2.97 bits per heavy atom. The lowest BCUT2D eigenvalue weighted by molar-refractivity contribution is 0.337. The molecule has 0 spiro atoms. The normalized spacial score (nSPS) is 14.4. The van der Waals surface area contributed by atoms with Crippen molar-refractivity contribution >= 4 is 29.1 Å². The number of anilines is 2. The van der Waals surface area contributed by atoms with Crippen molar-refractivity contribution in [3.8, 4) is 5.75 Å². The number of hydrogen-bond donors (Lipinski definition) is 2. The molecule has 2 aliphatic heterocycles. The predicted molar refractivity (Wildman–Crippen MR) is 114 cm³/mol. The maximum atomic E-state index is 5.45. The minimum absolute atomic E-state index is 0.637. The van der Waals surface area contributed by atoms with E-state index in [0.29, 0.717) is 13.1 Å². The number of nitrogens with one attached hydrogen (secondary N) is 2. The van der Waals surface area contributed by atoms with E-state index < -0.39 is 0 Å². The SMILES string of the molecule is COc1ccccc1CNN1C=NC2=C(C1)c1ccncc1Nc1ncccc12. The summed E-state index contributed by atoms with van der Waals surface area (Å²) in [6.07, 6.45) is 7.24. The third-order valence-corrected chi connectivity index (χ3v) is 5.07. The van der Waals surface area contributed by atoms with Crippen LogP contribution in [0.4, 0.5) is 11.5 Å². The first-order chi connectivity index (χ1) is 14.3. The minimum atomic E-state index is 0.637. The van der Waals surface area contributed by atoms with E-state index in [-0.39, 0.29) is 0 Å². The summed E-state index contributed by atoms with van der Waals surface area (Å²) in [7, 11) is 1.69. The predicted octanol–water partition coefficient (Wildman–Crippen LogP) is 3.46. The summed E-state index contributed by atoms with van der Waals surface area (Å²) in [6, 6.07) is 14.0. The van der Waals surface area contributed by atoms with Crippen LogP contribution in [0.25, 0.3) is 11.3 Å². The summed E-state index contributed by atoms with van der Waals surface area (Å²) < 4.78 is 5.45. The average molecular weight is 384 g/mol. The van der Waals surface area contributed by atoms with E-state index in [0.717, 1.165) is 45.2 Å². The van der Waals surface area contributed by atoms with Gasteiger partial charge in [0.25, 0.3) is 0 Å². The number of hydrazine groups is 1. The molecule has 7 heteroatoms. The van der Waals surface area contributed by atoms with E-state index in [1.165, 1.54) is 0 Å². The van der Waals surface area contributed by atoms with Gasteiger partial charge in [-0.3, -0.25) is 9.99 Å². The first-order valence-electron chi connectivity index (χ1n) is 9.39. The van der Waals surface area contributed by atoms with Gasteiger partial charge >= 0.3 is 0 Å². The van der Waals surface area contributed by atoms with Crippen LogP contribution in [-0.2, 0) is 6.54 Å². The number of aliphatic imine (C=N–C) groups is 1. The number of fused-ring (bicyclic) bond motifs is 4. The molecule has 0 amide bonds. The van der Waals surface area contributed by atoms with Crippen molar-refractivity contribution in [2.45, 2.75) is 6.54 Å². The van der Waals surface area contributed by atoms with Gasteiger partial charge < -0.3 is 10.1 Å². The van der Waals surface area contributed by atoms with Gasteiger partial charge in [-0.1, -0.05) is 18.2 Å². The van der Waals surface area contributed by atoms with Crippen LogP contribution in [0.15, 0.2) is 66.0 Å². The molecular weight excluding hydrogens is 364 g/mol. The number of methoxy groups -OCH3 is 1. The minimum Gasteiger partial charge on any atom is -0.496 e. The largest absolute Gasteiger partial charge is 0.496 e. The van der Waals surface area contributed by atoms with Crippen molar-refractivity contribution < 1.29 is 4.74 Å². The second-order valence-corrected chi connectivity index (χ2v) is 6.79. The molecule has 0 radical (unpaired) electrons. The molecule has 2 N–H and O–H groups in total. The number of ether oxygens (including phenoxy) is 1. The highest BCUT2D eigenvalue weighted by molar-refractivity contribution is 6.03. The molecule has 2 aromatic heterocycles. The summed E-state index contributed by atoms with van der Waals surface area (Å²) in [5.41, 5.74) is 9.57. The molecule has 0 atom stereocenters. The molecular formula is C22H20N6O. The molecule has 0 saturated heterocycles. The van der Waals surface area contributed by atoms with E-state index in [1.807, 2.05) is 53.9 Å². The molecule has 3 aromatic rings. The van der Waals surface area contributed by atoms with Gasteiger partial charge in [-0.2, -0.15) is 0 Å². The number of nitrogens with zero attached hydrogens (tertiary/aromatic N) is 4. The second-order valence-electron chi connectivity index (χ2n) is 6.79. The first kappa shape index (κ1) is 17.4. The average Bonchev–Trinajstić information content (AvgIpc) is 2.92. The molecule has 0 fully saturated rings. The van der Waals surface area contributed by atoms with Crippen LogP contribution in [0, 0.1) is 0 Å². The number of pyridine rings is 2. The third-order valence-electron chi connectivity index (χ3n) is 5.07. The van der Waals surface area contributed by atoms with Gasteiger partial charge in [0.2, 0.25) is 0 Å². The zero-order valence-electron chi connectivity index (χ0n) is 16.0. The third kappa shape index (κ3) is 3.21. The standard InChI is InChI=1S/C22H20N6O/c1-29-20-7-3-2-5-15(20)11-26-28-13-18-16-8-10-23-12-19(16)27-22-17(6-4-9-24-22)21(18)25-14-28/h2-10,12,14,26H,11,13H2,1H3,(H,24,27). The Bertz CT molecular complexity index is 1120. The Morgan fingerprint density at radius 2 is 2.03 bits per heavy atom.